The molecule has 0 radical (unpaired) electrons. The summed E-state index contributed by atoms with van der Waals surface area (Å²) in [5.74, 6) is 0.366. The van der Waals surface area contributed by atoms with Gasteiger partial charge in [-0.05, 0) is 24.1 Å². The van der Waals surface area contributed by atoms with Gasteiger partial charge in [0, 0.05) is 19.1 Å². The van der Waals surface area contributed by atoms with Gasteiger partial charge in [0.2, 0.25) is 0 Å². The molecule has 1 heterocycles. The largest absolute Gasteiger partial charge is 0.382 e. The molecule has 22 heavy (non-hydrogen) atoms. The smallest absolute Gasteiger partial charge is 0.101 e. The van der Waals surface area contributed by atoms with E-state index in [-0.39, 0.29) is 6.10 Å². The fraction of sp³-hybridized carbons (Fsp3) is 0.278. The van der Waals surface area contributed by atoms with Crippen molar-refractivity contribution in [2.24, 2.45) is 5.92 Å². The van der Waals surface area contributed by atoms with Crippen LogP contribution in [-0.4, -0.2) is 13.2 Å². The number of halogens is 1. The molecule has 3 rings (SSSR count). The Balaban J connectivity index is 1.73. The lowest BCUT2D eigenvalue weighted by atomic mass is 9.95. The minimum Gasteiger partial charge on any atom is -0.382 e. The number of ether oxygens (including phenoxy) is 1. The topological polar surface area (TPSA) is 45.0 Å². The molecule has 0 bridgehead atoms. The molecule has 2 aromatic carbocycles. The summed E-state index contributed by atoms with van der Waals surface area (Å²) in [6, 6.07) is 17.8. The van der Waals surface area contributed by atoms with Crippen LogP contribution in [0.15, 0.2) is 48.5 Å². The van der Waals surface area contributed by atoms with Crippen molar-refractivity contribution in [3.8, 4) is 6.07 Å². The van der Waals surface area contributed by atoms with Gasteiger partial charge in [-0.25, -0.2) is 0 Å². The van der Waals surface area contributed by atoms with Crippen LogP contribution in [0.5, 0.6) is 0 Å². The number of hydrogen-bond donors (Lipinski definition) is 1. The molecule has 1 aliphatic heterocycles. The summed E-state index contributed by atoms with van der Waals surface area (Å²) in [4.78, 5) is 0. The average molecular weight is 313 g/mol. The summed E-state index contributed by atoms with van der Waals surface area (Å²) < 4.78 is 5.89. The Kier molecular flexibility index (Phi) is 4.62. The van der Waals surface area contributed by atoms with Crippen molar-refractivity contribution in [3.63, 3.8) is 0 Å². The number of benzene rings is 2. The Bertz CT molecular complexity index is 681. The standard InChI is InChI=1S/C18H17ClN2O/c19-16-8-4-7-14(11-20)17(16)21-12-15-9-10-22-18(15)13-5-2-1-3-6-13/h1-8,15,18,21H,9-10,12H2. The molecule has 4 heteroatoms. The molecule has 0 amide bonds. The summed E-state index contributed by atoms with van der Waals surface area (Å²) in [6.45, 7) is 1.50. The van der Waals surface area contributed by atoms with Gasteiger partial charge in [0.15, 0.2) is 0 Å². The fourth-order valence-electron chi connectivity index (χ4n) is 2.88. The van der Waals surface area contributed by atoms with E-state index in [0.717, 1.165) is 19.6 Å². The minimum atomic E-state index is 0.0988. The molecule has 112 valence electrons. The van der Waals surface area contributed by atoms with Crippen LogP contribution in [0.4, 0.5) is 5.69 Å². The number of rotatable bonds is 4. The fourth-order valence-corrected chi connectivity index (χ4v) is 3.13. The number of nitrogens with zero attached hydrogens (tertiary/aromatic N) is 1. The lowest BCUT2D eigenvalue weighted by molar-refractivity contribution is 0.0933. The molecule has 2 unspecified atom stereocenters. The van der Waals surface area contributed by atoms with E-state index in [1.165, 1.54) is 5.56 Å². The number of anilines is 1. The molecule has 0 spiro atoms. The van der Waals surface area contributed by atoms with Crippen LogP contribution in [0.2, 0.25) is 5.02 Å². The molecule has 3 nitrogen and oxygen atoms in total. The molecule has 1 N–H and O–H groups in total. The highest BCUT2D eigenvalue weighted by Gasteiger charge is 2.29. The van der Waals surface area contributed by atoms with Crippen molar-refractivity contribution in [1.29, 1.82) is 5.26 Å². The highest BCUT2D eigenvalue weighted by atomic mass is 35.5. The van der Waals surface area contributed by atoms with Crippen LogP contribution in [0.3, 0.4) is 0 Å². The highest BCUT2D eigenvalue weighted by Crippen LogP contribution is 2.35. The van der Waals surface area contributed by atoms with E-state index in [9.17, 15) is 5.26 Å². The van der Waals surface area contributed by atoms with Gasteiger partial charge < -0.3 is 10.1 Å². The third kappa shape index (κ3) is 3.09. The summed E-state index contributed by atoms with van der Waals surface area (Å²) in [6.07, 6.45) is 1.10. The molecule has 0 aromatic heterocycles. The summed E-state index contributed by atoms with van der Waals surface area (Å²) in [5.41, 5.74) is 2.49. The lowest BCUT2D eigenvalue weighted by Crippen LogP contribution is -2.18. The average Bonchev–Trinajstić information content (AvgIpc) is 3.03. The summed E-state index contributed by atoms with van der Waals surface area (Å²) in [7, 11) is 0. The molecule has 2 atom stereocenters. The van der Waals surface area contributed by atoms with Crippen LogP contribution in [0, 0.1) is 17.2 Å². The quantitative estimate of drug-likeness (QED) is 0.910. The molecule has 2 aromatic rings. The molecular weight excluding hydrogens is 296 g/mol. The Morgan fingerprint density at radius 3 is 2.77 bits per heavy atom. The van der Waals surface area contributed by atoms with E-state index < -0.39 is 0 Å². The molecule has 1 saturated heterocycles. The van der Waals surface area contributed by atoms with Gasteiger partial charge >= 0.3 is 0 Å². The van der Waals surface area contributed by atoms with E-state index in [2.05, 4.69) is 23.5 Å². The zero-order valence-electron chi connectivity index (χ0n) is 12.1. The first-order valence-corrected chi connectivity index (χ1v) is 7.76. The first-order valence-electron chi connectivity index (χ1n) is 7.38. The third-order valence-corrected chi connectivity index (χ3v) is 4.33. The normalized spacial score (nSPS) is 20.5. The Labute approximate surface area is 135 Å². The zero-order chi connectivity index (χ0) is 15.4. The summed E-state index contributed by atoms with van der Waals surface area (Å²) >= 11 is 6.20. The number of para-hydroxylation sites is 1. The first kappa shape index (κ1) is 14.9. The van der Waals surface area contributed by atoms with Gasteiger partial charge in [-0.1, -0.05) is 48.0 Å². The number of nitriles is 1. The van der Waals surface area contributed by atoms with Gasteiger partial charge in [0.05, 0.1) is 22.4 Å². The molecular formula is C18H17ClN2O. The van der Waals surface area contributed by atoms with Crippen molar-refractivity contribution in [1.82, 2.24) is 0 Å². The second-order valence-corrected chi connectivity index (χ2v) is 5.81. The summed E-state index contributed by atoms with van der Waals surface area (Å²) in [5, 5.41) is 13.1. The van der Waals surface area contributed by atoms with Crippen molar-refractivity contribution in [2.75, 3.05) is 18.5 Å². The highest BCUT2D eigenvalue weighted by molar-refractivity contribution is 6.33. The van der Waals surface area contributed by atoms with Crippen molar-refractivity contribution in [3.05, 3.63) is 64.7 Å². The van der Waals surface area contributed by atoms with Gasteiger partial charge in [0.1, 0.15) is 6.07 Å². The van der Waals surface area contributed by atoms with Gasteiger partial charge in [-0.2, -0.15) is 5.26 Å². The van der Waals surface area contributed by atoms with E-state index in [4.69, 9.17) is 16.3 Å². The third-order valence-electron chi connectivity index (χ3n) is 4.02. The van der Waals surface area contributed by atoms with E-state index in [1.54, 1.807) is 18.2 Å². The van der Waals surface area contributed by atoms with Gasteiger partial charge in [0.25, 0.3) is 0 Å². The van der Waals surface area contributed by atoms with E-state index >= 15 is 0 Å². The SMILES string of the molecule is N#Cc1cccc(Cl)c1NCC1CCOC1c1ccccc1. The Hall–Kier alpha value is -2.02. The molecule has 0 aliphatic carbocycles. The predicted molar refractivity (Wildman–Crippen MR) is 87.9 cm³/mol. The number of hydrogen-bond acceptors (Lipinski definition) is 3. The van der Waals surface area contributed by atoms with Gasteiger partial charge in [-0.15, -0.1) is 0 Å². The van der Waals surface area contributed by atoms with Crippen LogP contribution < -0.4 is 5.32 Å². The molecule has 1 fully saturated rings. The maximum absolute atomic E-state index is 9.19. The Morgan fingerprint density at radius 1 is 1.18 bits per heavy atom. The van der Waals surface area contributed by atoms with Crippen LogP contribution >= 0.6 is 11.6 Å². The molecule has 0 saturated carbocycles. The van der Waals surface area contributed by atoms with E-state index in [0.29, 0.717) is 22.2 Å². The predicted octanol–water partition coefficient (Wildman–Crippen LogP) is 4.40. The second kappa shape index (κ2) is 6.83. The van der Waals surface area contributed by atoms with Crippen LogP contribution in [0.1, 0.15) is 23.7 Å². The maximum atomic E-state index is 9.19. The monoisotopic (exact) mass is 312 g/mol. The van der Waals surface area contributed by atoms with Crippen LogP contribution in [-0.2, 0) is 4.74 Å². The lowest BCUT2D eigenvalue weighted by Gasteiger charge is -2.20. The van der Waals surface area contributed by atoms with Crippen molar-refractivity contribution in [2.45, 2.75) is 12.5 Å². The van der Waals surface area contributed by atoms with Crippen LogP contribution in [0.25, 0.3) is 0 Å². The van der Waals surface area contributed by atoms with Crippen molar-refractivity contribution < 1.29 is 4.74 Å². The zero-order valence-corrected chi connectivity index (χ0v) is 12.9. The maximum Gasteiger partial charge on any atom is 0.101 e. The van der Waals surface area contributed by atoms with E-state index in [1.807, 2.05) is 18.2 Å². The number of nitrogens with one attached hydrogen (secondary N) is 1. The Morgan fingerprint density at radius 2 is 2.00 bits per heavy atom. The second-order valence-electron chi connectivity index (χ2n) is 5.41. The first-order chi connectivity index (χ1) is 10.8. The van der Waals surface area contributed by atoms with Crippen molar-refractivity contribution >= 4 is 17.3 Å². The molecule has 1 aliphatic rings. The van der Waals surface area contributed by atoms with Gasteiger partial charge in [-0.3, -0.25) is 0 Å². The minimum absolute atomic E-state index is 0.0988.